The van der Waals surface area contributed by atoms with Gasteiger partial charge in [0.05, 0.1) is 0 Å². The van der Waals surface area contributed by atoms with E-state index in [1.54, 1.807) is 17.4 Å². The Balaban J connectivity index is 1.55. The van der Waals surface area contributed by atoms with Gasteiger partial charge in [0, 0.05) is 30.2 Å². The average Bonchev–Trinajstić information content (AvgIpc) is 2.95. The van der Waals surface area contributed by atoms with E-state index in [1.807, 2.05) is 23.6 Å². The highest BCUT2D eigenvalue weighted by Gasteiger charge is 2.47. The van der Waals surface area contributed by atoms with E-state index < -0.39 is 0 Å². The highest BCUT2D eigenvalue weighted by molar-refractivity contribution is 7.10. The van der Waals surface area contributed by atoms with E-state index in [4.69, 9.17) is 4.74 Å². The number of hydrogen-bond donors (Lipinski definition) is 1. The number of hydrogen-bond acceptors (Lipinski definition) is 3. The van der Waals surface area contributed by atoms with Crippen LogP contribution in [0.2, 0.25) is 0 Å². The summed E-state index contributed by atoms with van der Waals surface area (Å²) in [5, 5.41) is 5.18. The van der Waals surface area contributed by atoms with Gasteiger partial charge in [-0.15, -0.1) is 11.3 Å². The maximum atomic E-state index is 11.9. The zero-order valence-electron chi connectivity index (χ0n) is 10.9. The molecule has 1 amide bonds. The summed E-state index contributed by atoms with van der Waals surface area (Å²) in [7, 11) is 0. The van der Waals surface area contributed by atoms with Crippen molar-refractivity contribution in [3.8, 4) is 0 Å². The van der Waals surface area contributed by atoms with E-state index in [0.29, 0.717) is 11.5 Å². The molecule has 102 valence electrons. The normalized spacial score (nSPS) is 25.4. The smallest absolute Gasteiger partial charge is 0.244 e. The van der Waals surface area contributed by atoms with Gasteiger partial charge in [0.1, 0.15) is 0 Å². The van der Waals surface area contributed by atoms with E-state index in [1.165, 1.54) is 6.42 Å². The Kier molecular flexibility index (Phi) is 3.71. The van der Waals surface area contributed by atoms with E-state index in [2.05, 4.69) is 5.32 Å². The number of carbonyl (C=O) groups excluding carboxylic acids is 1. The fourth-order valence-corrected chi connectivity index (χ4v) is 3.68. The van der Waals surface area contributed by atoms with Crippen LogP contribution in [-0.4, -0.2) is 25.2 Å². The molecule has 3 rings (SSSR count). The summed E-state index contributed by atoms with van der Waals surface area (Å²) in [5.74, 6) is 0.0315. The van der Waals surface area contributed by atoms with E-state index >= 15 is 0 Å². The van der Waals surface area contributed by atoms with Gasteiger partial charge in [-0.05, 0) is 48.6 Å². The van der Waals surface area contributed by atoms with Gasteiger partial charge in [-0.2, -0.15) is 0 Å². The van der Waals surface area contributed by atoms with Crippen LogP contribution in [0.25, 0.3) is 6.08 Å². The Morgan fingerprint density at radius 2 is 2.26 bits per heavy atom. The number of nitrogens with one attached hydrogen (secondary N) is 1. The molecular formula is C15H19NO2S. The van der Waals surface area contributed by atoms with Crippen molar-refractivity contribution in [2.24, 2.45) is 5.41 Å². The van der Waals surface area contributed by atoms with Gasteiger partial charge in [0.25, 0.3) is 0 Å². The fourth-order valence-electron chi connectivity index (χ4n) is 3.06. The molecule has 4 heteroatoms. The lowest BCUT2D eigenvalue weighted by Gasteiger charge is -2.51. The minimum absolute atomic E-state index is 0.0315. The zero-order valence-corrected chi connectivity index (χ0v) is 11.7. The summed E-state index contributed by atoms with van der Waals surface area (Å²) in [6.45, 7) is 1.69. The molecule has 0 aromatic carbocycles. The minimum Gasteiger partial charge on any atom is -0.381 e. The fraction of sp³-hybridized carbons (Fsp3) is 0.533. The van der Waals surface area contributed by atoms with Crippen LogP contribution >= 0.6 is 11.3 Å². The van der Waals surface area contributed by atoms with Crippen molar-refractivity contribution in [3.05, 3.63) is 28.5 Å². The summed E-state index contributed by atoms with van der Waals surface area (Å²) in [6.07, 6.45) is 8.06. The lowest BCUT2D eigenvalue weighted by molar-refractivity contribution is -0.122. The minimum atomic E-state index is 0.0315. The molecule has 1 unspecified atom stereocenters. The molecule has 1 atom stereocenters. The van der Waals surface area contributed by atoms with Crippen molar-refractivity contribution in [3.63, 3.8) is 0 Å². The lowest BCUT2D eigenvalue weighted by Crippen LogP contribution is -2.56. The van der Waals surface area contributed by atoms with Gasteiger partial charge < -0.3 is 10.1 Å². The van der Waals surface area contributed by atoms with Crippen LogP contribution in [0.4, 0.5) is 0 Å². The van der Waals surface area contributed by atoms with Crippen LogP contribution in [0.5, 0.6) is 0 Å². The van der Waals surface area contributed by atoms with Crippen LogP contribution in [0, 0.1) is 5.41 Å². The third kappa shape index (κ3) is 2.74. The van der Waals surface area contributed by atoms with Crippen molar-refractivity contribution in [1.82, 2.24) is 5.32 Å². The first-order chi connectivity index (χ1) is 9.28. The van der Waals surface area contributed by atoms with Crippen molar-refractivity contribution in [2.45, 2.75) is 31.7 Å². The first-order valence-electron chi connectivity index (χ1n) is 6.88. The van der Waals surface area contributed by atoms with E-state index in [9.17, 15) is 4.79 Å². The lowest BCUT2D eigenvalue weighted by atomic mass is 9.60. The van der Waals surface area contributed by atoms with Gasteiger partial charge in [-0.25, -0.2) is 0 Å². The van der Waals surface area contributed by atoms with E-state index in [0.717, 1.165) is 37.4 Å². The zero-order chi connectivity index (χ0) is 13.1. The molecule has 3 nitrogen and oxygen atoms in total. The predicted octanol–water partition coefficient (Wildman–Crippen LogP) is 2.84. The Bertz CT molecular complexity index is 460. The van der Waals surface area contributed by atoms with Gasteiger partial charge in [-0.3, -0.25) is 4.79 Å². The van der Waals surface area contributed by atoms with Crippen LogP contribution in [0.3, 0.4) is 0 Å². The molecule has 0 radical (unpaired) electrons. The predicted molar refractivity (Wildman–Crippen MR) is 77.0 cm³/mol. The first kappa shape index (κ1) is 12.9. The van der Waals surface area contributed by atoms with Gasteiger partial charge in [0.2, 0.25) is 5.91 Å². The third-order valence-electron chi connectivity index (χ3n) is 4.42. The quantitative estimate of drug-likeness (QED) is 0.863. The Morgan fingerprint density at radius 3 is 2.89 bits per heavy atom. The average molecular weight is 277 g/mol. The third-order valence-corrected chi connectivity index (χ3v) is 5.25. The maximum absolute atomic E-state index is 11.9. The Hall–Kier alpha value is -1.13. The molecule has 1 N–H and O–H groups in total. The molecule has 1 saturated heterocycles. The number of ether oxygens (including phenoxy) is 1. The van der Waals surface area contributed by atoms with Crippen molar-refractivity contribution < 1.29 is 9.53 Å². The molecule has 1 aromatic rings. The number of amides is 1. The maximum Gasteiger partial charge on any atom is 0.244 e. The molecule has 1 saturated carbocycles. The highest BCUT2D eigenvalue weighted by Crippen LogP contribution is 2.48. The first-order valence-corrected chi connectivity index (χ1v) is 7.76. The standard InChI is InChI=1S/C15H19NO2S/c17-14(4-3-12-2-1-11-19-12)16-13-5-6-15(13)7-9-18-10-8-15/h1-4,11,13H,5-10H2,(H,16,17)/b4-3+. The molecule has 0 bridgehead atoms. The van der Waals surface area contributed by atoms with Crippen molar-refractivity contribution in [1.29, 1.82) is 0 Å². The summed E-state index contributed by atoms with van der Waals surface area (Å²) < 4.78 is 5.43. The molecule has 2 heterocycles. The molecule has 1 aliphatic heterocycles. The molecular weight excluding hydrogens is 258 g/mol. The summed E-state index contributed by atoms with van der Waals surface area (Å²) in [5.41, 5.74) is 0.324. The molecule has 1 spiro atoms. The van der Waals surface area contributed by atoms with Crippen LogP contribution in [0.15, 0.2) is 23.6 Å². The molecule has 2 fully saturated rings. The van der Waals surface area contributed by atoms with Gasteiger partial charge in [0.15, 0.2) is 0 Å². The molecule has 1 aromatic heterocycles. The summed E-state index contributed by atoms with van der Waals surface area (Å²) in [6, 6.07) is 4.35. The monoisotopic (exact) mass is 277 g/mol. The number of thiophene rings is 1. The number of carbonyl (C=O) groups is 1. The molecule has 19 heavy (non-hydrogen) atoms. The Morgan fingerprint density at radius 1 is 1.42 bits per heavy atom. The topological polar surface area (TPSA) is 38.3 Å². The molecule has 2 aliphatic rings. The van der Waals surface area contributed by atoms with Crippen molar-refractivity contribution in [2.75, 3.05) is 13.2 Å². The number of rotatable bonds is 3. The van der Waals surface area contributed by atoms with Crippen LogP contribution in [-0.2, 0) is 9.53 Å². The van der Waals surface area contributed by atoms with Crippen LogP contribution < -0.4 is 5.32 Å². The van der Waals surface area contributed by atoms with Crippen molar-refractivity contribution >= 4 is 23.3 Å². The van der Waals surface area contributed by atoms with Gasteiger partial charge in [-0.1, -0.05) is 6.07 Å². The second kappa shape index (κ2) is 5.47. The largest absolute Gasteiger partial charge is 0.381 e. The van der Waals surface area contributed by atoms with E-state index in [-0.39, 0.29) is 5.91 Å². The second-order valence-electron chi connectivity index (χ2n) is 5.42. The SMILES string of the molecule is O=C(/C=C/c1cccs1)NC1CCC12CCOCC2. The molecule has 1 aliphatic carbocycles. The second-order valence-corrected chi connectivity index (χ2v) is 6.40. The summed E-state index contributed by atoms with van der Waals surface area (Å²) >= 11 is 1.64. The Labute approximate surface area is 117 Å². The van der Waals surface area contributed by atoms with Gasteiger partial charge >= 0.3 is 0 Å². The highest BCUT2D eigenvalue weighted by atomic mass is 32.1. The summed E-state index contributed by atoms with van der Waals surface area (Å²) in [4.78, 5) is 13.1. The van der Waals surface area contributed by atoms with Crippen LogP contribution in [0.1, 0.15) is 30.6 Å².